The summed E-state index contributed by atoms with van der Waals surface area (Å²) in [5.41, 5.74) is 0.988. The summed E-state index contributed by atoms with van der Waals surface area (Å²) in [4.78, 5) is 16.2. The highest BCUT2D eigenvalue weighted by atomic mass is 32.1. The summed E-state index contributed by atoms with van der Waals surface area (Å²) in [5, 5.41) is 15.0. The van der Waals surface area contributed by atoms with Crippen molar-refractivity contribution in [3.05, 3.63) is 45.9 Å². The number of ether oxygens (including phenoxy) is 1. The number of thiazole rings is 1. The highest BCUT2D eigenvalue weighted by Crippen LogP contribution is 2.16. The average molecular weight is 334 g/mol. The standard InChI is InChI=1S/C17H22N2O3S/c1-12-4-6-14(7-5-12)22-9-16-19-13(10-23-16)8-15(20)18-11-17(2,3)21/h4-7,10,21H,8-9,11H2,1-3H3,(H,18,20). The molecule has 0 saturated carbocycles. The van der Waals surface area contributed by atoms with E-state index in [0.717, 1.165) is 10.8 Å². The minimum atomic E-state index is -0.912. The first kappa shape index (κ1) is 17.4. The zero-order valence-electron chi connectivity index (χ0n) is 13.6. The van der Waals surface area contributed by atoms with E-state index >= 15 is 0 Å². The highest BCUT2D eigenvalue weighted by molar-refractivity contribution is 7.09. The van der Waals surface area contributed by atoms with Gasteiger partial charge < -0.3 is 15.2 Å². The van der Waals surface area contributed by atoms with E-state index in [-0.39, 0.29) is 18.9 Å². The molecular formula is C17H22N2O3S. The fourth-order valence-corrected chi connectivity index (χ4v) is 2.52. The molecule has 124 valence electrons. The molecule has 0 bridgehead atoms. The van der Waals surface area contributed by atoms with Gasteiger partial charge in [0, 0.05) is 11.9 Å². The Hall–Kier alpha value is -1.92. The molecule has 2 aromatic rings. The molecular weight excluding hydrogens is 312 g/mol. The zero-order valence-corrected chi connectivity index (χ0v) is 14.4. The van der Waals surface area contributed by atoms with Crippen LogP contribution in [0.2, 0.25) is 0 Å². The van der Waals surface area contributed by atoms with Crippen LogP contribution in [0.5, 0.6) is 5.75 Å². The molecule has 1 aromatic carbocycles. The van der Waals surface area contributed by atoms with E-state index in [1.54, 1.807) is 13.8 Å². The van der Waals surface area contributed by atoms with Gasteiger partial charge in [-0.15, -0.1) is 11.3 Å². The molecule has 0 unspecified atom stereocenters. The van der Waals surface area contributed by atoms with Crippen molar-refractivity contribution in [1.29, 1.82) is 0 Å². The van der Waals surface area contributed by atoms with Crippen molar-refractivity contribution in [2.75, 3.05) is 6.54 Å². The lowest BCUT2D eigenvalue weighted by molar-refractivity contribution is -0.121. The molecule has 0 fully saturated rings. The maximum absolute atomic E-state index is 11.8. The summed E-state index contributed by atoms with van der Waals surface area (Å²) in [6.07, 6.45) is 0.205. The summed E-state index contributed by atoms with van der Waals surface area (Å²) in [6, 6.07) is 7.84. The second-order valence-electron chi connectivity index (χ2n) is 6.10. The van der Waals surface area contributed by atoms with Crippen LogP contribution < -0.4 is 10.1 Å². The molecule has 0 aliphatic heterocycles. The lowest BCUT2D eigenvalue weighted by atomic mass is 10.1. The summed E-state index contributed by atoms with van der Waals surface area (Å²) >= 11 is 1.47. The summed E-state index contributed by atoms with van der Waals surface area (Å²) < 4.78 is 5.67. The Morgan fingerprint density at radius 2 is 2.04 bits per heavy atom. The van der Waals surface area contributed by atoms with Gasteiger partial charge in [-0.1, -0.05) is 17.7 Å². The van der Waals surface area contributed by atoms with Crippen molar-refractivity contribution in [2.45, 2.75) is 39.4 Å². The number of nitrogens with one attached hydrogen (secondary N) is 1. The monoisotopic (exact) mass is 334 g/mol. The third-order valence-electron chi connectivity index (χ3n) is 3.04. The van der Waals surface area contributed by atoms with E-state index in [0.29, 0.717) is 12.3 Å². The van der Waals surface area contributed by atoms with Gasteiger partial charge in [-0.2, -0.15) is 0 Å². The second kappa shape index (κ2) is 7.57. The predicted molar refractivity (Wildman–Crippen MR) is 90.6 cm³/mol. The lowest BCUT2D eigenvalue weighted by Gasteiger charge is -2.17. The second-order valence-corrected chi connectivity index (χ2v) is 7.04. The number of aromatic nitrogens is 1. The topological polar surface area (TPSA) is 71.5 Å². The van der Waals surface area contributed by atoms with Gasteiger partial charge in [0.25, 0.3) is 0 Å². The van der Waals surface area contributed by atoms with E-state index in [9.17, 15) is 9.90 Å². The molecule has 1 heterocycles. The molecule has 5 nitrogen and oxygen atoms in total. The Morgan fingerprint density at radius 3 is 2.70 bits per heavy atom. The molecule has 0 aliphatic carbocycles. The Kier molecular flexibility index (Phi) is 5.74. The van der Waals surface area contributed by atoms with Crippen LogP contribution in [0.1, 0.15) is 30.1 Å². The lowest BCUT2D eigenvalue weighted by Crippen LogP contribution is -2.38. The number of rotatable bonds is 7. The number of hydrogen-bond acceptors (Lipinski definition) is 5. The predicted octanol–water partition coefficient (Wildman–Crippen LogP) is 2.46. The first-order valence-corrected chi connectivity index (χ1v) is 8.32. The number of carbonyl (C=O) groups excluding carboxylic acids is 1. The first-order chi connectivity index (χ1) is 10.8. The third-order valence-corrected chi connectivity index (χ3v) is 3.91. The number of hydrogen-bond donors (Lipinski definition) is 2. The maximum Gasteiger partial charge on any atom is 0.226 e. The van der Waals surface area contributed by atoms with Crippen LogP contribution in [-0.2, 0) is 17.8 Å². The van der Waals surface area contributed by atoms with Gasteiger partial charge in [0.1, 0.15) is 17.4 Å². The van der Waals surface area contributed by atoms with E-state index in [2.05, 4.69) is 10.3 Å². The summed E-state index contributed by atoms with van der Waals surface area (Å²) in [6.45, 7) is 5.94. The molecule has 1 amide bonds. The number of aliphatic hydroxyl groups is 1. The fourth-order valence-electron chi connectivity index (χ4n) is 1.82. The molecule has 0 aliphatic rings. The van der Waals surface area contributed by atoms with Crippen molar-refractivity contribution in [1.82, 2.24) is 10.3 Å². The molecule has 0 radical (unpaired) electrons. The van der Waals surface area contributed by atoms with Crippen LogP contribution in [0.3, 0.4) is 0 Å². The Bertz CT molecular complexity index is 645. The van der Waals surface area contributed by atoms with Gasteiger partial charge in [0.05, 0.1) is 17.7 Å². The molecule has 0 saturated heterocycles. The highest BCUT2D eigenvalue weighted by Gasteiger charge is 2.15. The van der Waals surface area contributed by atoms with Crippen LogP contribution in [0, 0.1) is 6.92 Å². The van der Waals surface area contributed by atoms with E-state index < -0.39 is 5.60 Å². The van der Waals surface area contributed by atoms with E-state index in [4.69, 9.17) is 4.74 Å². The van der Waals surface area contributed by atoms with Crippen molar-refractivity contribution in [3.63, 3.8) is 0 Å². The zero-order chi connectivity index (χ0) is 16.9. The van der Waals surface area contributed by atoms with Crippen molar-refractivity contribution >= 4 is 17.2 Å². The molecule has 6 heteroatoms. The Morgan fingerprint density at radius 1 is 1.35 bits per heavy atom. The van der Waals surface area contributed by atoms with Gasteiger partial charge in [0.2, 0.25) is 5.91 Å². The van der Waals surface area contributed by atoms with Gasteiger partial charge in [-0.25, -0.2) is 4.98 Å². The smallest absolute Gasteiger partial charge is 0.226 e. The molecule has 23 heavy (non-hydrogen) atoms. The SMILES string of the molecule is Cc1ccc(OCc2nc(CC(=O)NCC(C)(C)O)cs2)cc1. The van der Waals surface area contributed by atoms with Crippen molar-refractivity contribution in [3.8, 4) is 5.75 Å². The van der Waals surface area contributed by atoms with E-state index in [1.807, 2.05) is 36.6 Å². The normalized spacial score (nSPS) is 11.3. The number of amides is 1. The Balaban J connectivity index is 1.81. The number of aryl methyl sites for hydroxylation is 1. The molecule has 0 spiro atoms. The quantitative estimate of drug-likeness (QED) is 0.816. The third kappa shape index (κ3) is 6.38. The Labute approximate surface area is 140 Å². The van der Waals surface area contributed by atoms with Crippen molar-refractivity contribution in [2.24, 2.45) is 0 Å². The summed E-state index contributed by atoms with van der Waals surface area (Å²) in [5.74, 6) is 0.652. The van der Waals surface area contributed by atoms with Crippen LogP contribution in [0.4, 0.5) is 0 Å². The first-order valence-electron chi connectivity index (χ1n) is 7.44. The van der Waals surface area contributed by atoms with Crippen LogP contribution in [-0.4, -0.2) is 28.1 Å². The fraction of sp³-hybridized carbons (Fsp3) is 0.412. The van der Waals surface area contributed by atoms with Crippen molar-refractivity contribution < 1.29 is 14.6 Å². The van der Waals surface area contributed by atoms with Crippen LogP contribution in [0.15, 0.2) is 29.6 Å². The average Bonchev–Trinajstić information content (AvgIpc) is 2.91. The largest absolute Gasteiger partial charge is 0.486 e. The summed E-state index contributed by atoms with van der Waals surface area (Å²) in [7, 11) is 0. The van der Waals surface area contributed by atoms with Gasteiger partial charge >= 0.3 is 0 Å². The van der Waals surface area contributed by atoms with Crippen LogP contribution >= 0.6 is 11.3 Å². The molecule has 2 rings (SSSR count). The molecule has 1 aromatic heterocycles. The van der Waals surface area contributed by atoms with Crippen LogP contribution in [0.25, 0.3) is 0 Å². The van der Waals surface area contributed by atoms with Gasteiger partial charge in [-0.3, -0.25) is 4.79 Å². The van der Waals surface area contributed by atoms with Gasteiger partial charge in [-0.05, 0) is 32.9 Å². The molecule has 2 N–H and O–H groups in total. The van der Waals surface area contributed by atoms with E-state index in [1.165, 1.54) is 16.9 Å². The number of nitrogens with zero attached hydrogens (tertiary/aromatic N) is 1. The minimum absolute atomic E-state index is 0.150. The maximum atomic E-state index is 11.8. The minimum Gasteiger partial charge on any atom is -0.486 e. The number of benzene rings is 1. The van der Waals surface area contributed by atoms with Gasteiger partial charge in [0.15, 0.2) is 0 Å². The number of carbonyl (C=O) groups is 1. The molecule has 0 atom stereocenters.